The lowest BCUT2D eigenvalue weighted by Gasteiger charge is -2.05. The molecule has 0 amide bonds. The van der Waals surface area contributed by atoms with Crippen molar-refractivity contribution in [1.82, 2.24) is 0 Å². The number of rotatable bonds is 5. The third-order valence-electron chi connectivity index (χ3n) is 2.96. The summed E-state index contributed by atoms with van der Waals surface area (Å²) in [6.45, 7) is 4.04. The van der Waals surface area contributed by atoms with Gasteiger partial charge in [-0.25, -0.2) is 0 Å². The first kappa shape index (κ1) is 15.1. The van der Waals surface area contributed by atoms with Crippen molar-refractivity contribution in [2.24, 2.45) is 0 Å². The van der Waals surface area contributed by atoms with Crippen LogP contribution in [0.25, 0.3) is 11.6 Å². The van der Waals surface area contributed by atoms with Crippen LogP contribution in [0.5, 0.6) is 5.75 Å². The van der Waals surface area contributed by atoms with Crippen LogP contribution in [-0.4, -0.2) is 6.61 Å². The molecule has 0 bridgehead atoms. The molecule has 0 aliphatic carbocycles. The molecule has 2 rings (SSSR count). The van der Waals surface area contributed by atoms with Crippen LogP contribution < -0.4 is 4.74 Å². The number of nitriles is 2. The third-order valence-corrected chi connectivity index (χ3v) is 2.96. The smallest absolute Gasteiger partial charge is 0.120 e. The summed E-state index contributed by atoms with van der Waals surface area (Å²) in [4.78, 5) is 0. The van der Waals surface area contributed by atoms with Gasteiger partial charge in [-0.05, 0) is 41.5 Å². The van der Waals surface area contributed by atoms with Crippen molar-refractivity contribution >= 4 is 11.6 Å². The van der Waals surface area contributed by atoms with E-state index in [1.54, 1.807) is 30.4 Å². The highest BCUT2D eigenvalue weighted by atomic mass is 16.5. The quantitative estimate of drug-likeness (QED) is 0.470. The van der Waals surface area contributed by atoms with Gasteiger partial charge in [-0.3, -0.25) is 0 Å². The van der Waals surface area contributed by atoms with E-state index in [1.165, 1.54) is 0 Å². The molecule has 0 spiro atoms. The summed E-state index contributed by atoms with van der Waals surface area (Å²) in [6, 6.07) is 18.7. The van der Waals surface area contributed by atoms with E-state index in [0.29, 0.717) is 17.7 Å². The van der Waals surface area contributed by atoms with Gasteiger partial charge in [0, 0.05) is 0 Å². The number of nitrogens with zero attached hydrogens (tertiary/aromatic N) is 2. The standard InChI is InChI=1S/C19H14N2O/c1-2-9-22-19-8-4-5-15(12-19)10-18(14-21)17-7-3-6-16(11-17)13-20/h2-8,10-12H,1,9H2/b18-10-. The Morgan fingerprint density at radius 1 is 1.14 bits per heavy atom. The van der Waals surface area contributed by atoms with Gasteiger partial charge in [0.2, 0.25) is 0 Å². The molecule has 0 atom stereocenters. The van der Waals surface area contributed by atoms with Gasteiger partial charge >= 0.3 is 0 Å². The average Bonchev–Trinajstić information content (AvgIpc) is 2.58. The van der Waals surface area contributed by atoms with Gasteiger partial charge < -0.3 is 4.74 Å². The number of allylic oxidation sites excluding steroid dienone is 1. The van der Waals surface area contributed by atoms with Crippen LogP contribution in [0, 0.1) is 22.7 Å². The predicted molar refractivity (Wildman–Crippen MR) is 86.8 cm³/mol. The molecule has 0 aliphatic heterocycles. The zero-order valence-corrected chi connectivity index (χ0v) is 12.0. The molecule has 3 nitrogen and oxygen atoms in total. The Hall–Kier alpha value is -3.30. The van der Waals surface area contributed by atoms with E-state index in [4.69, 9.17) is 10.00 Å². The number of hydrogen-bond donors (Lipinski definition) is 0. The van der Waals surface area contributed by atoms with Crippen molar-refractivity contribution in [1.29, 1.82) is 10.5 Å². The molecule has 0 unspecified atom stereocenters. The van der Waals surface area contributed by atoms with Gasteiger partial charge in [0.1, 0.15) is 12.4 Å². The van der Waals surface area contributed by atoms with Crippen LogP contribution in [0.1, 0.15) is 16.7 Å². The second-order valence-electron chi connectivity index (χ2n) is 4.53. The maximum absolute atomic E-state index is 9.37. The molecule has 0 saturated carbocycles. The van der Waals surface area contributed by atoms with Crippen LogP contribution >= 0.6 is 0 Å². The topological polar surface area (TPSA) is 56.8 Å². The van der Waals surface area contributed by atoms with Gasteiger partial charge in [0.05, 0.1) is 23.3 Å². The van der Waals surface area contributed by atoms with Gasteiger partial charge in [0.25, 0.3) is 0 Å². The predicted octanol–water partition coefficient (Wildman–Crippen LogP) is 4.19. The number of ether oxygens (including phenoxy) is 1. The Kier molecular flexibility index (Phi) is 5.13. The minimum atomic E-state index is 0.433. The zero-order chi connectivity index (χ0) is 15.8. The minimum Gasteiger partial charge on any atom is -0.490 e. The molecule has 0 N–H and O–H groups in total. The Morgan fingerprint density at radius 2 is 1.95 bits per heavy atom. The molecule has 3 heteroatoms. The summed E-state index contributed by atoms with van der Waals surface area (Å²) in [5.41, 5.74) is 2.61. The molecular formula is C19H14N2O. The summed E-state index contributed by atoms with van der Waals surface area (Å²) < 4.78 is 5.48. The van der Waals surface area contributed by atoms with Gasteiger partial charge in [-0.2, -0.15) is 10.5 Å². The van der Waals surface area contributed by atoms with Crippen LogP contribution in [0.4, 0.5) is 0 Å². The molecule has 106 valence electrons. The molecule has 0 radical (unpaired) electrons. The fourth-order valence-corrected chi connectivity index (χ4v) is 1.95. The van der Waals surface area contributed by atoms with E-state index in [1.807, 2.05) is 30.3 Å². The lowest BCUT2D eigenvalue weighted by atomic mass is 10.0. The maximum Gasteiger partial charge on any atom is 0.120 e. The van der Waals surface area contributed by atoms with E-state index in [0.717, 1.165) is 16.9 Å². The van der Waals surface area contributed by atoms with Crippen LogP contribution in [0.2, 0.25) is 0 Å². The molecule has 22 heavy (non-hydrogen) atoms. The fourth-order valence-electron chi connectivity index (χ4n) is 1.95. The zero-order valence-electron chi connectivity index (χ0n) is 12.0. The van der Waals surface area contributed by atoms with Crippen molar-refractivity contribution in [3.05, 3.63) is 77.9 Å². The van der Waals surface area contributed by atoms with E-state index < -0.39 is 0 Å². The monoisotopic (exact) mass is 286 g/mol. The lowest BCUT2D eigenvalue weighted by Crippen LogP contribution is -1.92. The molecule has 0 aromatic heterocycles. The molecule has 0 saturated heterocycles. The van der Waals surface area contributed by atoms with Gasteiger partial charge in [-0.1, -0.05) is 36.9 Å². The molecule has 2 aromatic carbocycles. The summed E-state index contributed by atoms with van der Waals surface area (Å²) >= 11 is 0. The first-order valence-corrected chi connectivity index (χ1v) is 6.73. The normalized spacial score (nSPS) is 10.4. The van der Waals surface area contributed by atoms with Gasteiger partial charge in [0.15, 0.2) is 0 Å². The van der Waals surface area contributed by atoms with Crippen LogP contribution in [-0.2, 0) is 0 Å². The fraction of sp³-hybridized carbons (Fsp3) is 0.0526. The van der Waals surface area contributed by atoms with Crippen LogP contribution in [0.3, 0.4) is 0 Å². The van der Waals surface area contributed by atoms with Gasteiger partial charge in [-0.15, -0.1) is 0 Å². The Labute approximate surface area is 130 Å². The van der Waals surface area contributed by atoms with Crippen molar-refractivity contribution in [2.75, 3.05) is 6.61 Å². The summed E-state index contributed by atoms with van der Waals surface area (Å²) in [6.07, 6.45) is 3.45. The second-order valence-corrected chi connectivity index (χ2v) is 4.53. The molecule has 0 aliphatic rings. The molecular weight excluding hydrogens is 272 g/mol. The minimum absolute atomic E-state index is 0.433. The van der Waals surface area contributed by atoms with Crippen molar-refractivity contribution in [3.8, 4) is 17.9 Å². The summed E-state index contributed by atoms with van der Waals surface area (Å²) in [7, 11) is 0. The lowest BCUT2D eigenvalue weighted by molar-refractivity contribution is 0.363. The molecule has 0 fully saturated rings. The second kappa shape index (κ2) is 7.47. The molecule has 0 heterocycles. The van der Waals surface area contributed by atoms with Crippen molar-refractivity contribution in [2.45, 2.75) is 0 Å². The van der Waals surface area contributed by atoms with Crippen molar-refractivity contribution < 1.29 is 4.74 Å². The Morgan fingerprint density at radius 3 is 2.68 bits per heavy atom. The highest BCUT2D eigenvalue weighted by Crippen LogP contribution is 2.21. The number of hydrogen-bond acceptors (Lipinski definition) is 3. The molecule has 2 aromatic rings. The van der Waals surface area contributed by atoms with Crippen molar-refractivity contribution in [3.63, 3.8) is 0 Å². The van der Waals surface area contributed by atoms with E-state index in [-0.39, 0.29) is 0 Å². The maximum atomic E-state index is 9.37. The van der Waals surface area contributed by atoms with E-state index in [2.05, 4.69) is 18.7 Å². The van der Waals surface area contributed by atoms with E-state index >= 15 is 0 Å². The summed E-state index contributed by atoms with van der Waals surface area (Å²) in [5.74, 6) is 0.719. The largest absolute Gasteiger partial charge is 0.490 e. The van der Waals surface area contributed by atoms with E-state index in [9.17, 15) is 5.26 Å². The highest BCUT2D eigenvalue weighted by molar-refractivity contribution is 5.90. The van der Waals surface area contributed by atoms with Crippen LogP contribution in [0.15, 0.2) is 61.2 Å². The Bertz CT molecular complexity index is 792. The third kappa shape index (κ3) is 3.85. The Balaban J connectivity index is 2.34. The first-order chi connectivity index (χ1) is 10.8. The summed E-state index contributed by atoms with van der Waals surface area (Å²) in [5, 5.41) is 18.3. The first-order valence-electron chi connectivity index (χ1n) is 6.73. The SMILES string of the molecule is C=CCOc1cccc(/C=C(/C#N)c2cccc(C#N)c2)c1. The average molecular weight is 286 g/mol. The number of benzene rings is 2. The highest BCUT2D eigenvalue weighted by Gasteiger charge is 2.03.